The highest BCUT2D eigenvalue weighted by atomic mass is 19.4. The molecule has 0 aromatic heterocycles. The normalized spacial score (nSPS) is 11.7. The number of hydrogen-bond donors (Lipinski definition) is 0. The molecule has 17 heteroatoms. The van der Waals surface area contributed by atoms with Crippen molar-refractivity contribution in [3.8, 4) is 44.5 Å². The fourth-order valence-electron chi connectivity index (χ4n) is 17.1. The van der Waals surface area contributed by atoms with Gasteiger partial charge in [-0.3, -0.25) is 0 Å². The van der Waals surface area contributed by atoms with E-state index in [4.69, 9.17) is 0 Å². The van der Waals surface area contributed by atoms with Crippen LogP contribution >= 0.6 is 0 Å². The highest BCUT2D eigenvalue weighted by Gasteiger charge is 2.34. The summed E-state index contributed by atoms with van der Waals surface area (Å²) in [7, 11) is 0. The van der Waals surface area contributed by atoms with Gasteiger partial charge in [-0.1, -0.05) is 224 Å². The Morgan fingerprint density at radius 1 is 0.211 bits per heavy atom. The van der Waals surface area contributed by atoms with Crippen molar-refractivity contribution < 1.29 is 57.1 Å². The molecule has 0 unspecified atom stereocenters. The Labute approximate surface area is 696 Å². The van der Waals surface area contributed by atoms with Gasteiger partial charge in [0, 0.05) is 102 Å². The van der Waals surface area contributed by atoms with Crippen LogP contribution in [0.5, 0.6) is 0 Å². The lowest BCUT2D eigenvalue weighted by Gasteiger charge is -2.31. The molecule has 0 aliphatic carbocycles. The van der Waals surface area contributed by atoms with Crippen LogP contribution in [-0.2, 0) is 6.18 Å². The first-order valence-electron chi connectivity index (χ1n) is 39.2. The van der Waals surface area contributed by atoms with Crippen molar-refractivity contribution in [3.05, 3.63) is 433 Å². The lowest BCUT2D eigenvalue weighted by atomic mass is 9.91. The zero-order valence-corrected chi connectivity index (χ0v) is 64.8. The van der Waals surface area contributed by atoms with Crippen LogP contribution in [0.15, 0.2) is 364 Å². The Morgan fingerprint density at radius 2 is 0.455 bits per heavy atom. The molecule has 0 atom stereocenters. The van der Waals surface area contributed by atoms with E-state index in [1.165, 1.54) is 54.6 Å². The second kappa shape index (κ2) is 31.5. The second-order valence-corrected chi connectivity index (χ2v) is 29.9. The number of nitrogens with zero attached hydrogens (tertiary/aromatic N) is 4. The molecular formula is C106H63F13N4. The van der Waals surface area contributed by atoms with Gasteiger partial charge in [0.05, 0.1) is 51.1 Å². The Balaban J connectivity index is 0.000000162. The smallest absolute Gasteiger partial charge is 0.307 e. The highest BCUT2D eigenvalue weighted by Crippen LogP contribution is 2.55. The topological polar surface area (TPSA) is 13.0 Å². The van der Waals surface area contributed by atoms with Crippen LogP contribution in [0.1, 0.15) is 11.1 Å². The van der Waals surface area contributed by atoms with Gasteiger partial charge in [0.15, 0.2) is 23.3 Å². The molecule has 123 heavy (non-hydrogen) atoms. The van der Waals surface area contributed by atoms with E-state index in [0.29, 0.717) is 72.8 Å². The van der Waals surface area contributed by atoms with Crippen LogP contribution in [0, 0.1) is 65.1 Å². The van der Waals surface area contributed by atoms with Crippen LogP contribution < -0.4 is 19.6 Å². The van der Waals surface area contributed by atoms with Crippen LogP contribution in [0.2, 0.25) is 0 Å². The van der Waals surface area contributed by atoms with Crippen molar-refractivity contribution in [2.45, 2.75) is 13.1 Å². The summed E-state index contributed by atoms with van der Waals surface area (Å²) >= 11 is 0. The summed E-state index contributed by atoms with van der Waals surface area (Å²) in [6, 6.07) is 98.3. The molecule has 0 fully saturated rings. The highest BCUT2D eigenvalue weighted by molar-refractivity contribution is 6.30. The Hall–Kier alpha value is -15.2. The summed E-state index contributed by atoms with van der Waals surface area (Å²) in [4.78, 5) is 6.81. The van der Waals surface area contributed by atoms with Gasteiger partial charge >= 0.3 is 6.18 Å². The summed E-state index contributed by atoms with van der Waals surface area (Å²) in [6.45, 7) is 1.94. The van der Waals surface area contributed by atoms with E-state index in [2.05, 4.69) is 0 Å². The van der Waals surface area contributed by atoms with Crippen LogP contribution in [-0.4, -0.2) is 0 Å². The van der Waals surface area contributed by atoms with E-state index in [1.807, 2.05) is 171 Å². The fraction of sp³-hybridized carbons (Fsp3) is 0.0189. The summed E-state index contributed by atoms with van der Waals surface area (Å²) in [5.74, 6) is -8.08. The van der Waals surface area contributed by atoms with Crippen molar-refractivity contribution in [1.29, 1.82) is 0 Å². The largest absolute Gasteiger partial charge is 0.416 e. The molecule has 0 radical (unpaired) electrons. The zero-order valence-electron chi connectivity index (χ0n) is 64.8. The van der Waals surface area contributed by atoms with Gasteiger partial charge in [0.1, 0.15) is 34.9 Å². The van der Waals surface area contributed by atoms with Crippen molar-refractivity contribution in [3.63, 3.8) is 0 Å². The minimum atomic E-state index is -4.61. The third kappa shape index (κ3) is 14.1. The van der Waals surface area contributed by atoms with Crippen LogP contribution in [0.25, 0.3) is 109 Å². The van der Waals surface area contributed by atoms with Gasteiger partial charge < -0.3 is 19.6 Å². The maximum Gasteiger partial charge on any atom is 0.416 e. The molecule has 20 aromatic rings. The van der Waals surface area contributed by atoms with Crippen molar-refractivity contribution >= 4 is 133 Å². The standard InChI is InChI=1S/C54H33F7N2.C52H30F6N2/c1-32-12-14-33(15-13-32)44-28-38(55)30-46(57)52(44)62(40-8-4-2-5-9-40)48-26-20-35-19-25-43-49(27-21-36-18-24-42(48)50(35)51(36)43)63(41-10-6-3-7-11-41)53-45(29-39(56)31-47(53)58)34-16-22-37(23-17-34)54(59,60)61;53-33-27-41(37-15-7-9-17-43(37)55)51(45(57)29-33)59(35-11-3-1-4-12-35)47-25-21-31-20-24-40-48(26-22-32-19-23-39(47)49(31)50(32)40)60(36-13-5-2-6-14-36)52-42(28-34(54)30-46(52)58)38-16-8-10-18-44(38)56/h2-31H,1H3;1-30H. The molecule has 0 saturated heterocycles. The third-order valence-corrected chi connectivity index (χ3v) is 22.5. The monoisotopic (exact) mass is 1640 g/mol. The van der Waals surface area contributed by atoms with E-state index < -0.39 is 69.9 Å². The Bertz CT molecular complexity index is 7220. The summed E-state index contributed by atoms with van der Waals surface area (Å²) in [5.41, 5.74) is 5.79. The molecule has 0 heterocycles. The van der Waals surface area contributed by atoms with E-state index in [0.717, 1.165) is 109 Å². The molecule has 0 bridgehead atoms. The SMILES string of the molecule is Cc1ccc(-c2cc(F)cc(F)c2N(c2ccccc2)c2ccc3ccc4c(N(c5ccccc5)c5c(F)cc(F)cc5-c5ccc(C(F)(F)F)cc5)ccc5ccc2c3c54)cc1.Fc1cc(F)c(N(c2ccccc2)c2ccc3ccc4c(N(c5ccccc5)c5c(F)cc(F)cc5-c5ccccc5F)ccc5ccc2c3c54)c(-c2ccccc2F)c1. The first kappa shape index (κ1) is 77.7. The minimum absolute atomic E-state index is 0.0212. The second-order valence-electron chi connectivity index (χ2n) is 29.9. The maximum atomic E-state index is 16.7. The third-order valence-electron chi connectivity index (χ3n) is 22.5. The number of hydrogen-bond acceptors (Lipinski definition) is 4. The van der Waals surface area contributed by atoms with Gasteiger partial charge in [-0.2, -0.15) is 13.2 Å². The summed E-state index contributed by atoms with van der Waals surface area (Å²) < 4.78 is 199. The van der Waals surface area contributed by atoms with E-state index in [-0.39, 0.29) is 56.1 Å². The molecule has 0 aliphatic rings. The van der Waals surface area contributed by atoms with Crippen molar-refractivity contribution in [2.24, 2.45) is 0 Å². The number of rotatable bonds is 16. The van der Waals surface area contributed by atoms with Crippen molar-refractivity contribution in [1.82, 2.24) is 0 Å². The van der Waals surface area contributed by atoms with Crippen LogP contribution in [0.3, 0.4) is 0 Å². The Kier molecular flexibility index (Phi) is 19.9. The predicted molar refractivity (Wildman–Crippen MR) is 470 cm³/mol. The Morgan fingerprint density at radius 3 is 0.732 bits per heavy atom. The van der Waals surface area contributed by atoms with E-state index in [1.54, 1.807) is 111 Å². The first-order chi connectivity index (χ1) is 59.7. The fourth-order valence-corrected chi connectivity index (χ4v) is 17.1. The van der Waals surface area contributed by atoms with Gasteiger partial charge in [-0.15, -0.1) is 0 Å². The maximum absolute atomic E-state index is 16.7. The zero-order chi connectivity index (χ0) is 84.6. The molecule has 4 nitrogen and oxygen atoms in total. The number of anilines is 12. The van der Waals surface area contributed by atoms with E-state index in [9.17, 15) is 13.2 Å². The minimum Gasteiger partial charge on any atom is -0.307 e. The molecule has 0 amide bonds. The van der Waals surface area contributed by atoms with Crippen molar-refractivity contribution in [2.75, 3.05) is 19.6 Å². The molecule has 598 valence electrons. The van der Waals surface area contributed by atoms with Crippen LogP contribution in [0.4, 0.5) is 125 Å². The molecule has 20 aromatic carbocycles. The average molecular weight is 1640 g/mol. The van der Waals surface area contributed by atoms with Gasteiger partial charge in [-0.25, -0.2) is 43.9 Å². The summed E-state index contributed by atoms with van der Waals surface area (Å²) in [6.07, 6.45) is -4.61. The van der Waals surface area contributed by atoms with Gasteiger partial charge in [0.2, 0.25) is 0 Å². The molecular weight excluding hydrogens is 1580 g/mol. The number of benzene rings is 20. The molecule has 0 N–H and O–H groups in total. The molecule has 0 spiro atoms. The molecule has 0 saturated carbocycles. The number of alkyl halides is 3. The predicted octanol–water partition coefficient (Wildman–Crippen LogP) is 32.4. The van der Waals surface area contributed by atoms with E-state index >= 15 is 43.9 Å². The first-order valence-corrected chi connectivity index (χ1v) is 39.2. The molecule has 20 rings (SSSR count). The van der Waals surface area contributed by atoms with Gasteiger partial charge in [-0.05, 0) is 182 Å². The molecule has 0 aliphatic heterocycles. The average Bonchev–Trinajstić information content (AvgIpc) is 0.718. The lowest BCUT2D eigenvalue weighted by molar-refractivity contribution is -0.137. The van der Waals surface area contributed by atoms with Gasteiger partial charge in [0.25, 0.3) is 0 Å². The number of halogens is 13. The lowest BCUT2D eigenvalue weighted by Crippen LogP contribution is -2.15. The number of para-hydroxylation sites is 4. The quantitative estimate of drug-likeness (QED) is 0.0706. The number of aryl methyl sites for hydroxylation is 1. The summed E-state index contributed by atoms with van der Waals surface area (Å²) in [5, 5.41) is 9.43.